The number of rotatable bonds is 3. The number of methoxy groups -OCH3 is 2. The summed E-state index contributed by atoms with van der Waals surface area (Å²) < 4.78 is 48.5. The van der Waals surface area contributed by atoms with Crippen molar-refractivity contribution >= 4 is 29.8 Å². The molecule has 0 aliphatic carbocycles. The molecule has 1 aromatic rings. The van der Waals surface area contributed by atoms with Crippen LogP contribution in [0.4, 0.5) is 18.0 Å². The third-order valence-electron chi connectivity index (χ3n) is 4.40. The van der Waals surface area contributed by atoms with E-state index in [-0.39, 0.29) is 0 Å². The SMILES string of the molecule is COC(=O)NC(=O)CC1(C(=O)OC)C(=O)N(C)C(=O)c2ccc(C(F)(F)F)cc21. The molecule has 9 nitrogen and oxygen atoms in total. The largest absolute Gasteiger partial charge is 0.468 e. The molecule has 1 aliphatic heterocycles. The number of hydrogen-bond donors (Lipinski definition) is 1. The summed E-state index contributed by atoms with van der Waals surface area (Å²) in [7, 11) is 2.81. The number of amides is 4. The number of hydrogen-bond acceptors (Lipinski definition) is 7. The van der Waals surface area contributed by atoms with Gasteiger partial charge in [-0.15, -0.1) is 0 Å². The zero-order valence-corrected chi connectivity index (χ0v) is 15.4. The van der Waals surface area contributed by atoms with Gasteiger partial charge in [0, 0.05) is 12.6 Å². The van der Waals surface area contributed by atoms with Crippen molar-refractivity contribution in [2.45, 2.75) is 18.0 Å². The molecule has 1 N–H and O–H groups in total. The maximum atomic E-state index is 13.2. The summed E-state index contributed by atoms with van der Waals surface area (Å²) in [6.45, 7) is 0. The molecule has 0 spiro atoms. The number of ether oxygens (including phenoxy) is 2. The van der Waals surface area contributed by atoms with Crippen LogP contribution in [0, 0.1) is 0 Å². The molecule has 0 saturated carbocycles. The minimum atomic E-state index is -4.86. The Bertz CT molecular complexity index is 913. The molecule has 0 fully saturated rings. The summed E-state index contributed by atoms with van der Waals surface area (Å²) in [4.78, 5) is 61.9. The lowest BCUT2D eigenvalue weighted by atomic mass is 9.71. The number of nitrogens with zero attached hydrogens (tertiary/aromatic N) is 1. The lowest BCUT2D eigenvalue weighted by Crippen LogP contribution is -2.59. The fraction of sp³-hybridized carbons (Fsp3) is 0.353. The highest BCUT2D eigenvalue weighted by molar-refractivity contribution is 6.22. The summed E-state index contributed by atoms with van der Waals surface area (Å²) in [5, 5.41) is 1.72. The van der Waals surface area contributed by atoms with Gasteiger partial charge in [0.15, 0.2) is 5.41 Å². The van der Waals surface area contributed by atoms with Gasteiger partial charge in [0.2, 0.25) is 5.91 Å². The molecule has 1 aliphatic rings. The molecule has 2 rings (SSSR count). The first-order chi connectivity index (χ1) is 13.4. The van der Waals surface area contributed by atoms with Gasteiger partial charge < -0.3 is 9.47 Å². The van der Waals surface area contributed by atoms with E-state index in [0.717, 1.165) is 27.3 Å². The predicted octanol–water partition coefficient (Wildman–Crippen LogP) is 1.00. The highest BCUT2D eigenvalue weighted by atomic mass is 19.4. The van der Waals surface area contributed by atoms with Gasteiger partial charge in [-0.2, -0.15) is 13.2 Å². The van der Waals surface area contributed by atoms with Gasteiger partial charge in [-0.3, -0.25) is 29.4 Å². The molecule has 1 aromatic carbocycles. The Hall–Kier alpha value is -3.44. The predicted molar refractivity (Wildman–Crippen MR) is 87.4 cm³/mol. The maximum Gasteiger partial charge on any atom is 0.416 e. The van der Waals surface area contributed by atoms with Crippen LogP contribution in [0.1, 0.15) is 27.9 Å². The Morgan fingerprint density at radius 3 is 2.28 bits per heavy atom. The molecule has 0 bridgehead atoms. The number of nitrogens with one attached hydrogen (secondary N) is 1. The van der Waals surface area contributed by atoms with Crippen LogP contribution in [-0.2, 0) is 35.4 Å². The molecule has 1 heterocycles. The number of imide groups is 2. The quantitative estimate of drug-likeness (QED) is 0.444. The van der Waals surface area contributed by atoms with Crippen molar-refractivity contribution in [2.75, 3.05) is 21.3 Å². The Morgan fingerprint density at radius 1 is 1.14 bits per heavy atom. The van der Waals surface area contributed by atoms with Crippen molar-refractivity contribution < 1.29 is 46.6 Å². The monoisotopic (exact) mass is 416 g/mol. The standard InChI is InChI=1S/C17H15F3N2O7/c1-22-12(24)9-5-4-8(17(18,19)20)6-10(9)16(13(22)25,14(26)28-2)7-11(23)21-15(27)29-3/h4-6H,7H2,1-3H3,(H,21,23,27). The fourth-order valence-corrected chi connectivity index (χ4v) is 3.00. The molecule has 12 heteroatoms. The summed E-state index contributed by atoms with van der Waals surface area (Å²) in [5.41, 5.74) is -4.90. The number of benzene rings is 1. The number of esters is 1. The van der Waals surface area contributed by atoms with Crippen LogP contribution in [0.3, 0.4) is 0 Å². The van der Waals surface area contributed by atoms with E-state index >= 15 is 0 Å². The highest BCUT2D eigenvalue weighted by Gasteiger charge is 2.58. The number of carbonyl (C=O) groups is 5. The summed E-state index contributed by atoms with van der Waals surface area (Å²) >= 11 is 0. The van der Waals surface area contributed by atoms with E-state index < -0.39 is 64.5 Å². The van der Waals surface area contributed by atoms with Gasteiger partial charge in [-0.25, -0.2) is 4.79 Å². The van der Waals surface area contributed by atoms with Gasteiger partial charge in [0.1, 0.15) is 0 Å². The number of likely N-dealkylation sites (N-methyl/N-ethyl adjacent to an activating group) is 1. The lowest BCUT2D eigenvalue weighted by Gasteiger charge is -2.38. The first-order valence-electron chi connectivity index (χ1n) is 7.90. The van der Waals surface area contributed by atoms with Crippen molar-refractivity contribution in [3.63, 3.8) is 0 Å². The summed E-state index contributed by atoms with van der Waals surface area (Å²) in [6, 6.07) is 1.86. The molecule has 1 unspecified atom stereocenters. The molecule has 0 radical (unpaired) electrons. The van der Waals surface area contributed by atoms with Crippen LogP contribution in [0.5, 0.6) is 0 Å². The molecule has 0 saturated heterocycles. The number of halogens is 3. The first-order valence-corrected chi connectivity index (χ1v) is 7.90. The van der Waals surface area contributed by atoms with Gasteiger partial charge in [-0.05, 0) is 23.8 Å². The topological polar surface area (TPSA) is 119 Å². The second-order valence-electron chi connectivity index (χ2n) is 6.04. The number of fused-ring (bicyclic) bond motifs is 1. The minimum Gasteiger partial charge on any atom is -0.468 e. The number of alkyl carbamates (subject to hydrolysis) is 1. The van der Waals surface area contributed by atoms with Gasteiger partial charge in [-0.1, -0.05) is 0 Å². The normalized spacial score (nSPS) is 18.8. The zero-order chi connectivity index (χ0) is 22.1. The van der Waals surface area contributed by atoms with Gasteiger partial charge in [0.25, 0.3) is 11.8 Å². The molecule has 156 valence electrons. The Labute approximate surface area is 161 Å². The third kappa shape index (κ3) is 3.65. The number of alkyl halides is 3. The van der Waals surface area contributed by atoms with E-state index in [0.29, 0.717) is 17.0 Å². The Balaban J connectivity index is 2.77. The molecular weight excluding hydrogens is 401 g/mol. The third-order valence-corrected chi connectivity index (χ3v) is 4.40. The van der Waals surface area contributed by atoms with E-state index in [1.54, 1.807) is 5.32 Å². The average molecular weight is 416 g/mol. The smallest absolute Gasteiger partial charge is 0.416 e. The fourth-order valence-electron chi connectivity index (χ4n) is 3.00. The highest BCUT2D eigenvalue weighted by Crippen LogP contribution is 2.41. The van der Waals surface area contributed by atoms with Crippen molar-refractivity contribution in [2.24, 2.45) is 0 Å². The minimum absolute atomic E-state index is 0.392. The Morgan fingerprint density at radius 2 is 1.76 bits per heavy atom. The van der Waals surface area contributed by atoms with Crippen LogP contribution in [0.15, 0.2) is 18.2 Å². The van der Waals surface area contributed by atoms with E-state index in [1.807, 2.05) is 0 Å². The van der Waals surface area contributed by atoms with E-state index in [2.05, 4.69) is 9.47 Å². The van der Waals surface area contributed by atoms with Crippen molar-refractivity contribution in [3.8, 4) is 0 Å². The second-order valence-corrected chi connectivity index (χ2v) is 6.04. The van der Waals surface area contributed by atoms with E-state index in [1.165, 1.54) is 0 Å². The van der Waals surface area contributed by atoms with Crippen molar-refractivity contribution in [1.29, 1.82) is 0 Å². The molecule has 4 amide bonds. The van der Waals surface area contributed by atoms with E-state index in [4.69, 9.17) is 0 Å². The maximum absolute atomic E-state index is 13.2. The molecule has 1 atom stereocenters. The summed E-state index contributed by atoms with van der Waals surface area (Å²) in [6.07, 6.45) is -7.17. The van der Waals surface area contributed by atoms with Crippen molar-refractivity contribution in [1.82, 2.24) is 10.2 Å². The van der Waals surface area contributed by atoms with Crippen LogP contribution in [0.2, 0.25) is 0 Å². The van der Waals surface area contributed by atoms with Crippen LogP contribution in [-0.4, -0.2) is 56.0 Å². The van der Waals surface area contributed by atoms with E-state index in [9.17, 15) is 37.1 Å². The van der Waals surface area contributed by atoms with Gasteiger partial charge >= 0.3 is 18.2 Å². The zero-order valence-electron chi connectivity index (χ0n) is 15.4. The van der Waals surface area contributed by atoms with Crippen LogP contribution < -0.4 is 5.32 Å². The van der Waals surface area contributed by atoms with Crippen molar-refractivity contribution in [3.05, 3.63) is 34.9 Å². The first kappa shape index (κ1) is 21.9. The second kappa shape index (κ2) is 7.53. The summed E-state index contributed by atoms with van der Waals surface area (Å²) in [5.74, 6) is -4.82. The van der Waals surface area contributed by atoms with Gasteiger partial charge in [0.05, 0.1) is 26.2 Å². The molecular formula is C17H15F3N2O7. The molecule has 29 heavy (non-hydrogen) atoms. The van der Waals surface area contributed by atoms with Crippen LogP contribution >= 0.6 is 0 Å². The Kier molecular flexibility index (Phi) is 5.67. The molecule has 0 aromatic heterocycles. The average Bonchev–Trinajstić information content (AvgIpc) is 2.67. The van der Waals surface area contributed by atoms with Crippen LogP contribution in [0.25, 0.3) is 0 Å². The number of carbonyl (C=O) groups excluding carboxylic acids is 5. The lowest BCUT2D eigenvalue weighted by molar-refractivity contribution is -0.158.